The Kier molecular flexibility index (Phi) is 6.76. The van der Waals surface area contributed by atoms with Crippen LogP contribution in [0.2, 0.25) is 5.02 Å². The highest BCUT2D eigenvalue weighted by atomic mass is 35.5. The van der Waals surface area contributed by atoms with Crippen molar-refractivity contribution in [3.8, 4) is 11.5 Å². The van der Waals surface area contributed by atoms with Crippen molar-refractivity contribution < 1.29 is 14.3 Å². The molecule has 0 fully saturated rings. The largest absolute Gasteiger partial charge is 0.492 e. The molecule has 0 radical (unpaired) electrons. The molecule has 1 atom stereocenters. The van der Waals surface area contributed by atoms with Crippen molar-refractivity contribution in [1.29, 1.82) is 0 Å². The molecule has 1 N–H and O–H groups in total. The molecule has 0 spiro atoms. The first-order valence-corrected chi connectivity index (χ1v) is 7.94. The maximum Gasteiger partial charge on any atom is 0.261 e. The van der Waals surface area contributed by atoms with E-state index in [2.05, 4.69) is 5.32 Å². The number of carbonyl (C=O) groups excluding carboxylic acids is 1. The summed E-state index contributed by atoms with van der Waals surface area (Å²) in [7, 11) is 0. The lowest BCUT2D eigenvalue weighted by molar-refractivity contribution is -0.128. The van der Waals surface area contributed by atoms with Crippen LogP contribution < -0.4 is 14.8 Å². The van der Waals surface area contributed by atoms with E-state index in [1.165, 1.54) is 0 Å². The molecule has 0 heterocycles. The summed E-state index contributed by atoms with van der Waals surface area (Å²) < 4.78 is 11.2. The molecule has 2 rings (SSSR count). The molecule has 2 aromatic rings. The van der Waals surface area contributed by atoms with Crippen LogP contribution in [0.5, 0.6) is 11.5 Å². The molecule has 0 aromatic heterocycles. The Bertz CT molecular complexity index is 601. The predicted molar refractivity (Wildman–Crippen MR) is 91.1 cm³/mol. The minimum Gasteiger partial charge on any atom is -0.492 e. The second-order valence-electron chi connectivity index (χ2n) is 4.92. The van der Waals surface area contributed by atoms with E-state index < -0.39 is 6.10 Å². The van der Waals surface area contributed by atoms with Gasteiger partial charge in [0.15, 0.2) is 6.10 Å². The van der Waals surface area contributed by atoms with Crippen molar-refractivity contribution in [1.82, 2.24) is 5.32 Å². The molecule has 0 aliphatic rings. The number of hydrogen-bond donors (Lipinski definition) is 1. The fourth-order valence-corrected chi connectivity index (χ4v) is 2.10. The van der Waals surface area contributed by atoms with Gasteiger partial charge in [-0.15, -0.1) is 0 Å². The highest BCUT2D eigenvalue weighted by Gasteiger charge is 2.17. The quantitative estimate of drug-likeness (QED) is 0.749. The monoisotopic (exact) mass is 333 g/mol. The second kappa shape index (κ2) is 9.06. The highest BCUT2D eigenvalue weighted by Crippen LogP contribution is 2.17. The van der Waals surface area contributed by atoms with Crippen LogP contribution in [0.25, 0.3) is 0 Å². The van der Waals surface area contributed by atoms with E-state index in [0.29, 0.717) is 30.3 Å². The number of para-hydroxylation sites is 1. The van der Waals surface area contributed by atoms with Crippen LogP contribution in [0.15, 0.2) is 54.6 Å². The smallest absolute Gasteiger partial charge is 0.261 e. The van der Waals surface area contributed by atoms with Gasteiger partial charge in [0.05, 0.1) is 6.54 Å². The van der Waals surface area contributed by atoms with Crippen LogP contribution in [0.1, 0.15) is 13.3 Å². The van der Waals surface area contributed by atoms with Crippen LogP contribution in [0, 0.1) is 0 Å². The van der Waals surface area contributed by atoms with Gasteiger partial charge in [-0.1, -0.05) is 36.7 Å². The van der Waals surface area contributed by atoms with Gasteiger partial charge < -0.3 is 14.8 Å². The third kappa shape index (κ3) is 5.83. The van der Waals surface area contributed by atoms with E-state index in [-0.39, 0.29) is 5.91 Å². The molecule has 0 saturated heterocycles. The minimum atomic E-state index is -0.534. The summed E-state index contributed by atoms with van der Waals surface area (Å²) in [5.41, 5.74) is 0. The van der Waals surface area contributed by atoms with Gasteiger partial charge in [-0.2, -0.15) is 0 Å². The van der Waals surface area contributed by atoms with Crippen molar-refractivity contribution in [3.63, 3.8) is 0 Å². The van der Waals surface area contributed by atoms with Crippen LogP contribution in [-0.4, -0.2) is 25.2 Å². The van der Waals surface area contributed by atoms with Gasteiger partial charge >= 0.3 is 0 Å². The molecule has 4 nitrogen and oxygen atoms in total. The number of halogens is 1. The third-order valence-corrected chi connectivity index (χ3v) is 3.42. The summed E-state index contributed by atoms with van der Waals surface area (Å²) in [6.07, 6.45) is 0.0430. The molecule has 23 heavy (non-hydrogen) atoms. The van der Waals surface area contributed by atoms with E-state index in [9.17, 15) is 4.79 Å². The fourth-order valence-electron chi connectivity index (χ4n) is 1.97. The molecule has 0 bridgehead atoms. The van der Waals surface area contributed by atoms with Gasteiger partial charge in [-0.3, -0.25) is 4.79 Å². The summed E-state index contributed by atoms with van der Waals surface area (Å²) >= 11 is 5.83. The number of hydrogen-bond acceptors (Lipinski definition) is 3. The number of amides is 1. The fraction of sp³-hybridized carbons (Fsp3) is 0.278. The second-order valence-corrected chi connectivity index (χ2v) is 5.36. The van der Waals surface area contributed by atoms with Gasteiger partial charge in [-0.25, -0.2) is 0 Å². The lowest BCUT2D eigenvalue weighted by atomic mass is 10.2. The Balaban J connectivity index is 1.75. The van der Waals surface area contributed by atoms with Crippen molar-refractivity contribution in [2.24, 2.45) is 0 Å². The number of rotatable bonds is 8. The third-order valence-electron chi connectivity index (χ3n) is 3.17. The SMILES string of the molecule is CC[C@H](Oc1ccc(Cl)cc1)C(=O)NCCOc1ccccc1. The van der Waals surface area contributed by atoms with Gasteiger partial charge in [0.25, 0.3) is 5.91 Å². The zero-order valence-corrected chi connectivity index (χ0v) is 13.8. The van der Waals surface area contributed by atoms with E-state index in [4.69, 9.17) is 21.1 Å². The number of benzene rings is 2. The highest BCUT2D eigenvalue weighted by molar-refractivity contribution is 6.30. The topological polar surface area (TPSA) is 47.6 Å². The van der Waals surface area contributed by atoms with E-state index in [1.807, 2.05) is 37.3 Å². The van der Waals surface area contributed by atoms with Gasteiger partial charge in [0.1, 0.15) is 18.1 Å². The molecule has 122 valence electrons. The van der Waals surface area contributed by atoms with Crippen molar-refractivity contribution in [3.05, 3.63) is 59.6 Å². The minimum absolute atomic E-state index is 0.154. The number of ether oxygens (including phenoxy) is 2. The Morgan fingerprint density at radius 1 is 1.09 bits per heavy atom. The predicted octanol–water partition coefficient (Wildman–Crippen LogP) is 3.69. The van der Waals surface area contributed by atoms with Gasteiger partial charge in [0.2, 0.25) is 0 Å². The zero-order valence-electron chi connectivity index (χ0n) is 13.0. The number of carbonyl (C=O) groups is 1. The lowest BCUT2D eigenvalue weighted by Gasteiger charge is -2.17. The normalized spacial score (nSPS) is 11.6. The first-order chi connectivity index (χ1) is 11.2. The van der Waals surface area contributed by atoms with Gasteiger partial charge in [0, 0.05) is 5.02 Å². The molecule has 0 aliphatic heterocycles. The first kappa shape index (κ1) is 17.2. The average Bonchev–Trinajstić information content (AvgIpc) is 2.59. The summed E-state index contributed by atoms with van der Waals surface area (Å²) in [4.78, 5) is 12.1. The summed E-state index contributed by atoms with van der Waals surface area (Å²) in [6, 6.07) is 16.4. The van der Waals surface area contributed by atoms with E-state index in [0.717, 1.165) is 5.75 Å². The van der Waals surface area contributed by atoms with Gasteiger partial charge in [-0.05, 0) is 42.8 Å². The Hall–Kier alpha value is -2.20. The van der Waals surface area contributed by atoms with E-state index in [1.54, 1.807) is 24.3 Å². The maximum absolute atomic E-state index is 12.1. The summed E-state index contributed by atoms with van der Waals surface area (Å²) in [6.45, 7) is 2.74. The molecule has 2 aromatic carbocycles. The van der Waals surface area contributed by atoms with Crippen LogP contribution in [0.4, 0.5) is 0 Å². The first-order valence-electron chi connectivity index (χ1n) is 7.57. The summed E-state index contributed by atoms with van der Waals surface area (Å²) in [5.74, 6) is 1.25. The number of nitrogens with one attached hydrogen (secondary N) is 1. The zero-order chi connectivity index (χ0) is 16.5. The Morgan fingerprint density at radius 3 is 2.43 bits per heavy atom. The van der Waals surface area contributed by atoms with Crippen LogP contribution in [0.3, 0.4) is 0 Å². The molecule has 0 unspecified atom stereocenters. The molecule has 0 aliphatic carbocycles. The standard InChI is InChI=1S/C18H20ClNO3/c1-2-17(23-16-10-8-14(19)9-11-16)18(21)20-12-13-22-15-6-4-3-5-7-15/h3-11,17H,2,12-13H2,1H3,(H,20,21)/t17-/m0/s1. The Morgan fingerprint density at radius 2 is 1.78 bits per heavy atom. The lowest BCUT2D eigenvalue weighted by Crippen LogP contribution is -2.39. The molecular formula is C18H20ClNO3. The molecule has 0 saturated carbocycles. The van der Waals surface area contributed by atoms with Crippen molar-refractivity contribution in [2.45, 2.75) is 19.4 Å². The molecular weight excluding hydrogens is 314 g/mol. The van der Waals surface area contributed by atoms with Crippen molar-refractivity contribution >= 4 is 17.5 Å². The van der Waals surface area contributed by atoms with Crippen LogP contribution in [-0.2, 0) is 4.79 Å². The average molecular weight is 334 g/mol. The van der Waals surface area contributed by atoms with Crippen molar-refractivity contribution in [2.75, 3.05) is 13.2 Å². The maximum atomic E-state index is 12.1. The molecule has 5 heteroatoms. The van der Waals surface area contributed by atoms with Crippen LogP contribution >= 0.6 is 11.6 Å². The van der Waals surface area contributed by atoms with E-state index >= 15 is 0 Å². The molecule has 1 amide bonds. The Labute approximate surface area is 141 Å². The summed E-state index contributed by atoms with van der Waals surface area (Å²) in [5, 5.41) is 3.45.